The van der Waals surface area contributed by atoms with Gasteiger partial charge in [-0.3, -0.25) is 4.98 Å². The summed E-state index contributed by atoms with van der Waals surface area (Å²) in [6.45, 7) is 6.26. The second-order valence-electron chi connectivity index (χ2n) is 7.32. The molecule has 0 fully saturated rings. The molecule has 4 rings (SSSR count). The summed E-state index contributed by atoms with van der Waals surface area (Å²) in [7, 11) is 4.02. The first kappa shape index (κ1) is 17.3. The summed E-state index contributed by atoms with van der Waals surface area (Å²) in [5, 5.41) is 1.25. The second-order valence-corrected chi connectivity index (χ2v) is 7.32. The number of H-pyrrole nitrogens is 1. The normalized spacial score (nSPS) is 11.1. The molecule has 0 spiro atoms. The minimum absolute atomic E-state index is 0.957. The lowest BCUT2D eigenvalue weighted by Gasteiger charge is -2.12. The highest BCUT2D eigenvalue weighted by Crippen LogP contribution is 2.33. The predicted molar refractivity (Wildman–Crippen MR) is 113 cm³/mol. The summed E-state index contributed by atoms with van der Waals surface area (Å²) in [6, 6.07) is 15.1. The van der Waals surface area contributed by atoms with Crippen LogP contribution in [0.1, 0.15) is 17.0 Å². The van der Waals surface area contributed by atoms with E-state index < -0.39 is 0 Å². The Balaban J connectivity index is 1.83. The Morgan fingerprint density at radius 3 is 2.22 bits per heavy atom. The molecule has 4 nitrogen and oxygen atoms in total. The van der Waals surface area contributed by atoms with Crippen molar-refractivity contribution in [2.24, 2.45) is 0 Å². The van der Waals surface area contributed by atoms with Crippen LogP contribution in [-0.2, 0) is 0 Å². The molecule has 0 bridgehead atoms. The van der Waals surface area contributed by atoms with E-state index in [1.54, 1.807) is 0 Å². The maximum absolute atomic E-state index is 4.50. The van der Waals surface area contributed by atoms with E-state index in [9.17, 15) is 0 Å². The van der Waals surface area contributed by atoms with Crippen molar-refractivity contribution in [3.63, 3.8) is 0 Å². The zero-order valence-corrected chi connectivity index (χ0v) is 16.5. The zero-order valence-electron chi connectivity index (χ0n) is 16.5. The number of nitrogens with one attached hydrogen (secondary N) is 1. The first-order chi connectivity index (χ1) is 12.9. The van der Waals surface area contributed by atoms with E-state index in [0.29, 0.717) is 0 Å². The number of anilines is 1. The van der Waals surface area contributed by atoms with Gasteiger partial charge in [-0.2, -0.15) is 0 Å². The highest BCUT2D eigenvalue weighted by Gasteiger charge is 2.12. The van der Waals surface area contributed by atoms with Gasteiger partial charge in [0.2, 0.25) is 0 Å². The Morgan fingerprint density at radius 1 is 0.815 bits per heavy atom. The molecule has 0 aliphatic rings. The summed E-state index contributed by atoms with van der Waals surface area (Å²) in [4.78, 5) is 14.6. The van der Waals surface area contributed by atoms with E-state index in [0.717, 1.165) is 22.7 Å². The molecule has 0 saturated carbocycles. The van der Waals surface area contributed by atoms with Gasteiger partial charge in [-0.1, -0.05) is 12.1 Å². The standard InChI is InChI=1S/C23H24N4/c1-14-10-19(11-15(2)25-14)23-16(3)20-7-6-17(12-21(20)26-23)18-8-9-24-22(13-18)27(4)5/h6-13,26H,1-5H3. The zero-order chi connectivity index (χ0) is 19.1. The highest BCUT2D eigenvalue weighted by atomic mass is 15.1. The van der Waals surface area contributed by atoms with Crippen molar-refractivity contribution < 1.29 is 0 Å². The molecule has 4 heteroatoms. The monoisotopic (exact) mass is 356 g/mol. The van der Waals surface area contributed by atoms with Gasteiger partial charge >= 0.3 is 0 Å². The minimum Gasteiger partial charge on any atom is -0.363 e. The number of hydrogen-bond donors (Lipinski definition) is 1. The minimum atomic E-state index is 0.957. The van der Waals surface area contributed by atoms with Crippen molar-refractivity contribution in [2.45, 2.75) is 20.8 Å². The van der Waals surface area contributed by atoms with Gasteiger partial charge in [-0.15, -0.1) is 0 Å². The summed E-state index contributed by atoms with van der Waals surface area (Å²) in [5.41, 5.74) is 9.20. The number of hydrogen-bond acceptors (Lipinski definition) is 3. The van der Waals surface area contributed by atoms with E-state index in [4.69, 9.17) is 0 Å². The molecule has 3 heterocycles. The number of benzene rings is 1. The van der Waals surface area contributed by atoms with Gasteiger partial charge in [0.1, 0.15) is 5.82 Å². The maximum atomic E-state index is 4.50. The number of aryl methyl sites for hydroxylation is 3. The predicted octanol–water partition coefficient (Wildman–Crippen LogP) is 5.28. The van der Waals surface area contributed by atoms with Crippen LogP contribution < -0.4 is 4.90 Å². The maximum Gasteiger partial charge on any atom is 0.128 e. The molecule has 4 aromatic rings. The van der Waals surface area contributed by atoms with Crippen LogP contribution in [0.4, 0.5) is 5.82 Å². The van der Waals surface area contributed by atoms with Crippen LogP contribution in [0.5, 0.6) is 0 Å². The number of rotatable bonds is 3. The molecule has 0 saturated heterocycles. The SMILES string of the molecule is Cc1cc(-c2[nH]c3cc(-c4ccnc(N(C)C)c4)ccc3c2C)cc(C)n1. The lowest BCUT2D eigenvalue weighted by Crippen LogP contribution is -2.10. The van der Waals surface area contributed by atoms with Crippen LogP contribution in [-0.4, -0.2) is 29.0 Å². The van der Waals surface area contributed by atoms with Crippen LogP contribution >= 0.6 is 0 Å². The van der Waals surface area contributed by atoms with E-state index >= 15 is 0 Å². The molecule has 3 aromatic heterocycles. The topological polar surface area (TPSA) is 44.8 Å². The molecular weight excluding hydrogens is 332 g/mol. The quantitative estimate of drug-likeness (QED) is 0.543. The molecular formula is C23H24N4. The fourth-order valence-electron chi connectivity index (χ4n) is 3.63. The van der Waals surface area contributed by atoms with Crippen molar-refractivity contribution in [3.05, 3.63) is 65.6 Å². The summed E-state index contributed by atoms with van der Waals surface area (Å²) in [5.74, 6) is 0.957. The number of aromatic nitrogens is 3. The molecule has 0 atom stereocenters. The van der Waals surface area contributed by atoms with Crippen molar-refractivity contribution in [2.75, 3.05) is 19.0 Å². The van der Waals surface area contributed by atoms with E-state index in [1.807, 2.05) is 39.0 Å². The lowest BCUT2D eigenvalue weighted by atomic mass is 10.0. The van der Waals surface area contributed by atoms with Gasteiger partial charge in [0.15, 0.2) is 0 Å². The number of aromatic amines is 1. The fraction of sp³-hybridized carbons (Fsp3) is 0.217. The highest BCUT2D eigenvalue weighted by molar-refractivity contribution is 5.93. The van der Waals surface area contributed by atoms with Crippen molar-refractivity contribution in [1.29, 1.82) is 0 Å². The van der Waals surface area contributed by atoms with Crippen LogP contribution in [0.2, 0.25) is 0 Å². The Hall–Kier alpha value is -3.14. The average Bonchev–Trinajstić information content (AvgIpc) is 2.97. The Kier molecular flexibility index (Phi) is 4.19. The van der Waals surface area contributed by atoms with E-state index in [-0.39, 0.29) is 0 Å². The Morgan fingerprint density at radius 2 is 1.52 bits per heavy atom. The molecule has 1 N–H and O–H groups in total. The van der Waals surface area contributed by atoms with Gasteiger partial charge in [0.05, 0.1) is 0 Å². The van der Waals surface area contributed by atoms with Crippen LogP contribution in [0.15, 0.2) is 48.7 Å². The second kappa shape index (κ2) is 6.54. The van der Waals surface area contributed by atoms with Crippen molar-refractivity contribution in [3.8, 4) is 22.4 Å². The fourth-order valence-corrected chi connectivity index (χ4v) is 3.63. The number of pyridine rings is 2. The summed E-state index contributed by atoms with van der Waals surface area (Å²) < 4.78 is 0. The van der Waals surface area contributed by atoms with Crippen LogP contribution in [0, 0.1) is 20.8 Å². The van der Waals surface area contributed by atoms with Gasteiger partial charge in [-0.05, 0) is 67.8 Å². The third kappa shape index (κ3) is 3.19. The smallest absolute Gasteiger partial charge is 0.128 e. The molecule has 0 radical (unpaired) electrons. The largest absolute Gasteiger partial charge is 0.363 e. The molecule has 136 valence electrons. The van der Waals surface area contributed by atoms with Gasteiger partial charge in [0, 0.05) is 53.8 Å². The van der Waals surface area contributed by atoms with Crippen LogP contribution in [0.3, 0.4) is 0 Å². The Bertz CT molecular complexity index is 1120. The van der Waals surface area contributed by atoms with Gasteiger partial charge in [0.25, 0.3) is 0 Å². The lowest BCUT2D eigenvalue weighted by molar-refractivity contribution is 1.07. The molecule has 0 amide bonds. The third-order valence-electron chi connectivity index (χ3n) is 4.97. The first-order valence-electron chi connectivity index (χ1n) is 9.14. The van der Waals surface area contributed by atoms with E-state index in [1.165, 1.54) is 33.3 Å². The summed E-state index contributed by atoms with van der Waals surface area (Å²) in [6.07, 6.45) is 1.86. The van der Waals surface area contributed by atoms with Crippen LogP contribution in [0.25, 0.3) is 33.3 Å². The number of fused-ring (bicyclic) bond motifs is 1. The van der Waals surface area contributed by atoms with Crippen molar-refractivity contribution >= 4 is 16.7 Å². The first-order valence-corrected chi connectivity index (χ1v) is 9.14. The number of nitrogens with zero attached hydrogens (tertiary/aromatic N) is 3. The molecule has 0 aliphatic carbocycles. The van der Waals surface area contributed by atoms with E-state index in [2.05, 4.69) is 64.3 Å². The van der Waals surface area contributed by atoms with Gasteiger partial charge in [-0.25, -0.2) is 4.98 Å². The van der Waals surface area contributed by atoms with Gasteiger partial charge < -0.3 is 9.88 Å². The molecule has 27 heavy (non-hydrogen) atoms. The Labute approximate surface area is 159 Å². The third-order valence-corrected chi connectivity index (χ3v) is 4.97. The van der Waals surface area contributed by atoms with Crippen molar-refractivity contribution in [1.82, 2.24) is 15.0 Å². The summed E-state index contributed by atoms with van der Waals surface area (Å²) >= 11 is 0. The average molecular weight is 356 g/mol. The molecule has 0 aliphatic heterocycles. The molecule has 0 unspecified atom stereocenters. The molecule has 1 aromatic carbocycles.